The van der Waals surface area contributed by atoms with Crippen LogP contribution in [0, 0.1) is 17.6 Å². The molecule has 0 saturated heterocycles. The van der Waals surface area contributed by atoms with Crippen molar-refractivity contribution in [3.05, 3.63) is 71.3 Å². The molecule has 8 heteroatoms. The summed E-state index contributed by atoms with van der Waals surface area (Å²) in [6, 6.07) is 9.49. The van der Waals surface area contributed by atoms with E-state index >= 15 is 0 Å². The molecule has 6 nitrogen and oxygen atoms in total. The number of ether oxygens (including phenoxy) is 1. The first-order valence-corrected chi connectivity index (χ1v) is 10.5. The average molecular weight is 444 g/mol. The van der Waals surface area contributed by atoms with Gasteiger partial charge in [-0.3, -0.25) is 9.59 Å². The fraction of sp³-hybridized carbons (Fsp3) is 0.375. The SMILES string of the molecule is CC(OC(=O)[C@@H](NC(=O)[C@H](C)NC(=O)Cc1cc(F)cc(F)c1)c1ccccc1)C1CC1. The molecule has 1 saturated carbocycles. The molecule has 1 unspecified atom stereocenters. The third-order valence-electron chi connectivity index (χ3n) is 5.30. The van der Waals surface area contributed by atoms with Crippen molar-refractivity contribution in [1.29, 1.82) is 0 Å². The smallest absolute Gasteiger partial charge is 0.333 e. The number of carbonyl (C=O) groups is 3. The highest BCUT2D eigenvalue weighted by Gasteiger charge is 2.34. The minimum atomic E-state index is -1.03. The standard InChI is InChI=1S/C24H26F2N2O4/c1-14(27-21(29)12-16-10-19(25)13-20(26)11-16)23(30)28-22(18-6-4-3-5-7-18)24(31)32-15(2)17-8-9-17/h3-7,10-11,13-15,17,22H,8-9,12H2,1-2H3,(H,27,29)(H,28,30)/t14-,15?,22-/m0/s1. The molecule has 3 atom stereocenters. The number of amides is 2. The Balaban J connectivity index is 1.62. The van der Waals surface area contributed by atoms with Gasteiger partial charge in [0.15, 0.2) is 6.04 Å². The van der Waals surface area contributed by atoms with Crippen LogP contribution in [0.5, 0.6) is 0 Å². The maximum Gasteiger partial charge on any atom is 0.333 e. The number of halogens is 2. The van der Waals surface area contributed by atoms with Gasteiger partial charge in [-0.15, -0.1) is 0 Å². The van der Waals surface area contributed by atoms with E-state index in [4.69, 9.17) is 4.74 Å². The number of hydrogen-bond acceptors (Lipinski definition) is 4. The summed E-state index contributed by atoms with van der Waals surface area (Å²) in [4.78, 5) is 37.7. The minimum Gasteiger partial charge on any atom is -0.461 e. The summed E-state index contributed by atoms with van der Waals surface area (Å²) in [6.07, 6.45) is 1.48. The molecular weight excluding hydrogens is 418 g/mol. The number of esters is 1. The second-order valence-electron chi connectivity index (χ2n) is 8.08. The van der Waals surface area contributed by atoms with Crippen molar-refractivity contribution in [1.82, 2.24) is 10.6 Å². The summed E-state index contributed by atoms with van der Waals surface area (Å²) in [5.41, 5.74) is 0.704. The summed E-state index contributed by atoms with van der Waals surface area (Å²) < 4.78 is 32.2. The van der Waals surface area contributed by atoms with Crippen LogP contribution in [0.15, 0.2) is 48.5 Å². The fourth-order valence-corrected chi connectivity index (χ4v) is 3.36. The topological polar surface area (TPSA) is 84.5 Å². The molecule has 2 aromatic rings. The molecule has 32 heavy (non-hydrogen) atoms. The molecule has 0 spiro atoms. The van der Waals surface area contributed by atoms with Crippen LogP contribution in [-0.4, -0.2) is 29.9 Å². The number of nitrogens with one attached hydrogen (secondary N) is 2. The van der Waals surface area contributed by atoms with Crippen LogP contribution in [0.1, 0.15) is 43.9 Å². The Kier molecular flexibility index (Phi) is 7.56. The Morgan fingerprint density at radius 2 is 1.62 bits per heavy atom. The number of hydrogen-bond donors (Lipinski definition) is 2. The minimum absolute atomic E-state index is 0.146. The van der Waals surface area contributed by atoms with Gasteiger partial charge in [-0.1, -0.05) is 30.3 Å². The van der Waals surface area contributed by atoms with Gasteiger partial charge in [0.05, 0.1) is 6.42 Å². The summed E-state index contributed by atoms with van der Waals surface area (Å²) in [5.74, 6) is -2.98. The van der Waals surface area contributed by atoms with Gasteiger partial charge < -0.3 is 15.4 Å². The molecule has 2 N–H and O–H groups in total. The van der Waals surface area contributed by atoms with E-state index in [1.807, 2.05) is 6.92 Å². The molecule has 1 aliphatic rings. The van der Waals surface area contributed by atoms with Crippen molar-refractivity contribution in [2.75, 3.05) is 0 Å². The molecule has 2 aromatic carbocycles. The molecule has 0 bridgehead atoms. The molecule has 1 aliphatic carbocycles. The summed E-state index contributed by atoms with van der Waals surface area (Å²) >= 11 is 0. The highest BCUT2D eigenvalue weighted by atomic mass is 19.1. The summed E-state index contributed by atoms with van der Waals surface area (Å²) in [5, 5.41) is 5.12. The van der Waals surface area contributed by atoms with Crippen molar-refractivity contribution < 1.29 is 27.9 Å². The second-order valence-corrected chi connectivity index (χ2v) is 8.08. The van der Waals surface area contributed by atoms with Crippen LogP contribution < -0.4 is 10.6 Å². The second kappa shape index (κ2) is 10.3. The Morgan fingerprint density at radius 3 is 2.22 bits per heavy atom. The average Bonchev–Trinajstić information content (AvgIpc) is 3.56. The van der Waals surface area contributed by atoms with E-state index < -0.39 is 41.5 Å². The molecule has 0 radical (unpaired) electrons. The predicted molar refractivity (Wildman–Crippen MR) is 113 cm³/mol. The quantitative estimate of drug-likeness (QED) is 0.582. The fourth-order valence-electron chi connectivity index (χ4n) is 3.36. The van der Waals surface area contributed by atoms with E-state index in [1.54, 1.807) is 30.3 Å². The van der Waals surface area contributed by atoms with Gasteiger partial charge in [-0.05, 0) is 55.9 Å². The number of benzene rings is 2. The van der Waals surface area contributed by atoms with Gasteiger partial charge in [-0.25, -0.2) is 13.6 Å². The van der Waals surface area contributed by atoms with Gasteiger partial charge >= 0.3 is 5.97 Å². The highest BCUT2D eigenvalue weighted by molar-refractivity contribution is 5.91. The normalized spacial score (nSPS) is 15.9. The predicted octanol–water partition coefficient (Wildman–Crippen LogP) is 3.21. The molecule has 0 heterocycles. The largest absolute Gasteiger partial charge is 0.461 e. The molecule has 2 amide bonds. The van der Waals surface area contributed by atoms with Gasteiger partial charge in [0.25, 0.3) is 0 Å². The van der Waals surface area contributed by atoms with Crippen molar-refractivity contribution in [2.45, 2.75) is 51.3 Å². The zero-order valence-electron chi connectivity index (χ0n) is 17.9. The van der Waals surface area contributed by atoms with Crippen molar-refractivity contribution in [3.63, 3.8) is 0 Å². The highest BCUT2D eigenvalue weighted by Crippen LogP contribution is 2.34. The lowest BCUT2D eigenvalue weighted by atomic mass is 10.1. The van der Waals surface area contributed by atoms with E-state index in [2.05, 4.69) is 10.6 Å². The molecule has 170 valence electrons. The Bertz CT molecular complexity index is 959. The molecule has 0 aromatic heterocycles. The summed E-state index contributed by atoms with van der Waals surface area (Å²) in [6.45, 7) is 3.29. The van der Waals surface area contributed by atoms with Gasteiger partial charge in [0.2, 0.25) is 11.8 Å². The van der Waals surface area contributed by atoms with Crippen LogP contribution in [-0.2, 0) is 25.5 Å². The maximum atomic E-state index is 13.3. The van der Waals surface area contributed by atoms with Crippen molar-refractivity contribution in [3.8, 4) is 0 Å². The first-order valence-electron chi connectivity index (χ1n) is 10.5. The van der Waals surface area contributed by atoms with E-state index in [0.29, 0.717) is 17.5 Å². The van der Waals surface area contributed by atoms with Gasteiger partial charge in [0, 0.05) is 6.07 Å². The lowest BCUT2D eigenvalue weighted by molar-refractivity contribution is -0.153. The first-order chi connectivity index (χ1) is 15.2. The van der Waals surface area contributed by atoms with Crippen LogP contribution in [0.4, 0.5) is 8.78 Å². The number of carbonyl (C=O) groups excluding carboxylic acids is 3. The van der Waals surface area contributed by atoms with E-state index in [0.717, 1.165) is 25.0 Å². The third kappa shape index (κ3) is 6.60. The third-order valence-corrected chi connectivity index (χ3v) is 5.30. The zero-order valence-corrected chi connectivity index (χ0v) is 17.9. The van der Waals surface area contributed by atoms with Crippen molar-refractivity contribution in [2.24, 2.45) is 5.92 Å². The lowest BCUT2D eigenvalue weighted by Gasteiger charge is -2.23. The van der Waals surface area contributed by atoms with Gasteiger partial charge in [-0.2, -0.15) is 0 Å². The molecule has 0 aliphatic heterocycles. The van der Waals surface area contributed by atoms with E-state index in [1.165, 1.54) is 6.92 Å². The molecule has 1 fully saturated rings. The zero-order chi connectivity index (χ0) is 23.3. The Hall–Kier alpha value is -3.29. The Morgan fingerprint density at radius 1 is 1.00 bits per heavy atom. The van der Waals surface area contributed by atoms with Crippen LogP contribution in [0.25, 0.3) is 0 Å². The van der Waals surface area contributed by atoms with Crippen molar-refractivity contribution >= 4 is 17.8 Å². The monoisotopic (exact) mass is 444 g/mol. The first kappa shape index (κ1) is 23.4. The molecule has 3 rings (SSSR count). The lowest BCUT2D eigenvalue weighted by Crippen LogP contribution is -2.48. The van der Waals surface area contributed by atoms with Crippen LogP contribution >= 0.6 is 0 Å². The maximum absolute atomic E-state index is 13.3. The molecular formula is C24H26F2N2O4. The van der Waals surface area contributed by atoms with E-state index in [9.17, 15) is 23.2 Å². The van der Waals surface area contributed by atoms with Crippen LogP contribution in [0.2, 0.25) is 0 Å². The number of rotatable bonds is 9. The van der Waals surface area contributed by atoms with Gasteiger partial charge in [0.1, 0.15) is 23.8 Å². The summed E-state index contributed by atoms with van der Waals surface area (Å²) in [7, 11) is 0. The van der Waals surface area contributed by atoms with Crippen LogP contribution in [0.3, 0.4) is 0 Å². The van der Waals surface area contributed by atoms with E-state index in [-0.39, 0.29) is 18.1 Å². The Labute approximate surface area is 185 Å².